The van der Waals surface area contributed by atoms with Gasteiger partial charge in [-0.15, -0.1) is 0 Å². The number of nitrogens with zero attached hydrogens (tertiary/aromatic N) is 1. The lowest BCUT2D eigenvalue weighted by atomic mass is 9.88. The third-order valence-corrected chi connectivity index (χ3v) is 4.47. The van der Waals surface area contributed by atoms with Crippen molar-refractivity contribution in [3.8, 4) is 0 Å². The van der Waals surface area contributed by atoms with Gasteiger partial charge in [0, 0.05) is 11.6 Å². The van der Waals surface area contributed by atoms with E-state index in [-0.39, 0.29) is 0 Å². The molecule has 0 saturated heterocycles. The van der Waals surface area contributed by atoms with E-state index in [0.29, 0.717) is 5.92 Å². The third-order valence-electron chi connectivity index (χ3n) is 4.47. The number of pyridine rings is 1. The minimum atomic E-state index is 0.581. The smallest absolute Gasteiger partial charge is 0.0740 e. The quantitative estimate of drug-likeness (QED) is 0.518. The first-order chi connectivity index (χ1) is 10.7. The van der Waals surface area contributed by atoms with E-state index in [2.05, 4.69) is 68.5 Å². The molecule has 0 saturated carbocycles. The summed E-state index contributed by atoms with van der Waals surface area (Å²) >= 11 is 0. The summed E-state index contributed by atoms with van der Waals surface area (Å²) in [6, 6.07) is 15.1. The third kappa shape index (κ3) is 2.14. The molecule has 0 spiro atoms. The van der Waals surface area contributed by atoms with E-state index in [1.165, 1.54) is 32.7 Å². The van der Waals surface area contributed by atoms with Gasteiger partial charge in [0.1, 0.15) is 0 Å². The average molecular weight is 285 g/mol. The largest absolute Gasteiger partial charge is 0.256 e. The maximum Gasteiger partial charge on any atom is 0.0740 e. The molecular weight excluding hydrogens is 266 g/mol. The van der Waals surface area contributed by atoms with E-state index in [4.69, 9.17) is 4.98 Å². The first kappa shape index (κ1) is 13.3. The second-order valence-corrected chi connectivity index (χ2v) is 6.30. The molecule has 0 bridgehead atoms. The second-order valence-electron chi connectivity index (χ2n) is 6.30. The zero-order valence-corrected chi connectivity index (χ0v) is 13.0. The number of benzene rings is 2. The van der Waals surface area contributed by atoms with Crippen LogP contribution in [0.25, 0.3) is 27.1 Å². The molecule has 0 fully saturated rings. The number of hydrogen-bond acceptors (Lipinski definition) is 1. The molecule has 108 valence electrons. The minimum Gasteiger partial charge on any atom is -0.256 e. The number of fused-ring (bicyclic) bond motifs is 3. The Hall–Kier alpha value is -2.41. The molecular formula is C21H19N. The number of rotatable bonds is 1. The minimum absolute atomic E-state index is 0.581. The van der Waals surface area contributed by atoms with Crippen LogP contribution in [0.4, 0.5) is 0 Å². The molecule has 0 aliphatic heterocycles. The van der Waals surface area contributed by atoms with Crippen LogP contribution in [0.5, 0.6) is 0 Å². The van der Waals surface area contributed by atoms with Crippen molar-refractivity contribution in [1.29, 1.82) is 0 Å². The molecule has 1 aliphatic rings. The molecule has 22 heavy (non-hydrogen) atoms. The molecule has 1 unspecified atom stereocenters. The fourth-order valence-corrected chi connectivity index (χ4v) is 3.59. The van der Waals surface area contributed by atoms with Gasteiger partial charge in [0.2, 0.25) is 0 Å². The summed E-state index contributed by atoms with van der Waals surface area (Å²) in [5.74, 6) is 0.581. The molecule has 4 rings (SSSR count). The number of allylic oxidation sites excluding steroid dienone is 4. The SMILES string of the molecule is CC1=CC(C)CC(c2nccc3c2ccc2ccccc23)=C1. The maximum absolute atomic E-state index is 4.71. The zero-order chi connectivity index (χ0) is 15.1. The summed E-state index contributed by atoms with van der Waals surface area (Å²) in [6.07, 6.45) is 7.64. The molecule has 2 aromatic carbocycles. The standard InChI is InChI=1S/C21H19N/c1-14-11-15(2)13-17(12-14)21-20-8-7-16-5-3-4-6-18(16)19(20)9-10-22-21/h3-12,15H,13H2,1-2H3. The first-order valence-electron chi connectivity index (χ1n) is 7.88. The molecule has 0 amide bonds. The molecule has 1 aromatic heterocycles. The van der Waals surface area contributed by atoms with E-state index in [9.17, 15) is 0 Å². The van der Waals surface area contributed by atoms with E-state index in [0.717, 1.165) is 12.1 Å². The average Bonchev–Trinajstić information content (AvgIpc) is 2.53. The van der Waals surface area contributed by atoms with E-state index >= 15 is 0 Å². The van der Waals surface area contributed by atoms with Crippen molar-refractivity contribution in [2.75, 3.05) is 0 Å². The lowest BCUT2D eigenvalue weighted by Gasteiger charge is -2.18. The molecule has 1 heteroatoms. The summed E-state index contributed by atoms with van der Waals surface area (Å²) < 4.78 is 0. The number of aromatic nitrogens is 1. The monoisotopic (exact) mass is 285 g/mol. The molecule has 1 aliphatic carbocycles. The van der Waals surface area contributed by atoms with Gasteiger partial charge < -0.3 is 0 Å². The summed E-state index contributed by atoms with van der Waals surface area (Å²) in [6.45, 7) is 4.45. The highest BCUT2D eigenvalue weighted by molar-refractivity contribution is 6.10. The van der Waals surface area contributed by atoms with E-state index in [1.54, 1.807) is 0 Å². The van der Waals surface area contributed by atoms with Gasteiger partial charge in [-0.2, -0.15) is 0 Å². The fourth-order valence-electron chi connectivity index (χ4n) is 3.59. The summed E-state index contributed by atoms with van der Waals surface area (Å²) in [5.41, 5.74) is 3.84. The van der Waals surface area contributed by atoms with Gasteiger partial charge in [-0.05, 0) is 47.1 Å². The highest BCUT2D eigenvalue weighted by Gasteiger charge is 2.15. The van der Waals surface area contributed by atoms with Crippen LogP contribution in [0.1, 0.15) is 26.0 Å². The van der Waals surface area contributed by atoms with Crippen LogP contribution < -0.4 is 0 Å². The Bertz CT molecular complexity index is 931. The first-order valence-corrected chi connectivity index (χ1v) is 7.88. The number of hydrogen-bond donors (Lipinski definition) is 0. The second kappa shape index (κ2) is 5.10. The Labute approximate surface area is 131 Å². The molecule has 1 nitrogen and oxygen atoms in total. The molecule has 1 heterocycles. The van der Waals surface area contributed by atoms with Crippen LogP contribution in [0.15, 0.2) is 66.4 Å². The van der Waals surface area contributed by atoms with E-state index in [1.807, 2.05) is 6.20 Å². The Morgan fingerprint density at radius 1 is 0.955 bits per heavy atom. The van der Waals surface area contributed by atoms with E-state index < -0.39 is 0 Å². The Morgan fingerprint density at radius 2 is 1.82 bits per heavy atom. The van der Waals surface area contributed by atoms with Crippen LogP contribution in [0.2, 0.25) is 0 Å². The van der Waals surface area contributed by atoms with Crippen molar-refractivity contribution in [1.82, 2.24) is 4.98 Å². The summed E-state index contributed by atoms with van der Waals surface area (Å²) in [7, 11) is 0. The van der Waals surface area contributed by atoms with Crippen molar-refractivity contribution < 1.29 is 0 Å². The van der Waals surface area contributed by atoms with Crippen molar-refractivity contribution in [2.24, 2.45) is 5.92 Å². The molecule has 0 N–H and O–H groups in total. The Balaban J connectivity index is 2.00. The normalized spacial score (nSPS) is 18.4. The summed E-state index contributed by atoms with van der Waals surface area (Å²) in [5, 5.41) is 5.15. The lowest BCUT2D eigenvalue weighted by molar-refractivity contribution is 0.740. The molecule has 0 radical (unpaired) electrons. The van der Waals surface area contributed by atoms with Crippen LogP contribution in [-0.4, -0.2) is 4.98 Å². The highest BCUT2D eigenvalue weighted by Crippen LogP contribution is 2.34. The van der Waals surface area contributed by atoms with Crippen LogP contribution in [-0.2, 0) is 0 Å². The fraction of sp³-hybridized carbons (Fsp3) is 0.190. The van der Waals surface area contributed by atoms with Crippen molar-refractivity contribution in [2.45, 2.75) is 20.3 Å². The van der Waals surface area contributed by atoms with Crippen LogP contribution in [0.3, 0.4) is 0 Å². The lowest BCUT2D eigenvalue weighted by Crippen LogP contribution is -2.02. The Kier molecular flexibility index (Phi) is 3.07. The molecule has 3 aromatic rings. The van der Waals surface area contributed by atoms with Gasteiger partial charge in [-0.25, -0.2) is 0 Å². The summed E-state index contributed by atoms with van der Waals surface area (Å²) in [4.78, 5) is 4.71. The Morgan fingerprint density at radius 3 is 2.68 bits per heavy atom. The van der Waals surface area contributed by atoms with Gasteiger partial charge >= 0.3 is 0 Å². The maximum atomic E-state index is 4.71. The van der Waals surface area contributed by atoms with Gasteiger partial charge in [0.05, 0.1) is 5.69 Å². The molecule has 1 atom stereocenters. The predicted molar refractivity (Wildman–Crippen MR) is 94.8 cm³/mol. The highest BCUT2D eigenvalue weighted by atomic mass is 14.7. The van der Waals surface area contributed by atoms with Crippen molar-refractivity contribution in [3.05, 3.63) is 72.1 Å². The van der Waals surface area contributed by atoms with Crippen LogP contribution in [0, 0.1) is 5.92 Å². The predicted octanol–water partition coefficient (Wildman–Crippen LogP) is 5.76. The zero-order valence-electron chi connectivity index (χ0n) is 13.0. The van der Waals surface area contributed by atoms with Crippen molar-refractivity contribution in [3.63, 3.8) is 0 Å². The van der Waals surface area contributed by atoms with Gasteiger partial charge in [0.15, 0.2) is 0 Å². The van der Waals surface area contributed by atoms with Crippen LogP contribution >= 0.6 is 0 Å². The van der Waals surface area contributed by atoms with Crippen molar-refractivity contribution >= 4 is 27.1 Å². The van der Waals surface area contributed by atoms with Gasteiger partial charge in [-0.3, -0.25) is 4.98 Å². The van der Waals surface area contributed by atoms with Gasteiger partial charge in [0.25, 0.3) is 0 Å². The van der Waals surface area contributed by atoms with Gasteiger partial charge in [-0.1, -0.05) is 61.0 Å². The topological polar surface area (TPSA) is 12.9 Å².